The quantitative estimate of drug-likeness (QED) is 0.787. The minimum atomic E-state index is -1.06. The molecule has 1 rings (SSSR count). The maximum absolute atomic E-state index is 11.8. The van der Waals surface area contributed by atoms with Gasteiger partial charge in [-0.15, -0.1) is 6.58 Å². The number of carbonyl (C=O) groups excluding carboxylic acids is 1. The number of nitrogens with zero attached hydrogens (tertiary/aromatic N) is 1. The van der Waals surface area contributed by atoms with Crippen LogP contribution in [0.15, 0.2) is 41.4 Å². The number of halogens is 1. The van der Waals surface area contributed by atoms with E-state index < -0.39 is 12.0 Å². The Morgan fingerprint density at radius 2 is 2.21 bits per heavy atom. The lowest BCUT2D eigenvalue weighted by molar-refractivity contribution is -0.137. The largest absolute Gasteiger partial charge is 0.480 e. The normalized spacial score (nSPS) is 9.74. The molecule has 2 N–H and O–H groups in total. The fourth-order valence-electron chi connectivity index (χ4n) is 1.47. The molecular weight excluding hydrogens is 312 g/mol. The summed E-state index contributed by atoms with van der Waals surface area (Å²) in [6, 6.07) is 7.08. The Labute approximate surface area is 120 Å². The summed E-state index contributed by atoms with van der Waals surface area (Å²) in [7, 11) is 0. The van der Waals surface area contributed by atoms with Crippen molar-refractivity contribution in [2.75, 3.05) is 13.1 Å². The van der Waals surface area contributed by atoms with Gasteiger partial charge in [0.15, 0.2) is 0 Å². The monoisotopic (exact) mass is 326 g/mol. The summed E-state index contributed by atoms with van der Waals surface area (Å²) in [5.74, 6) is -1.06. The van der Waals surface area contributed by atoms with Gasteiger partial charge in [0.25, 0.3) is 0 Å². The summed E-state index contributed by atoms with van der Waals surface area (Å²) >= 11 is 3.34. The SMILES string of the molecule is C=CCN(CC(=O)O)C(=O)NCc1cccc(Br)c1. The number of hydrogen-bond acceptors (Lipinski definition) is 2. The zero-order valence-corrected chi connectivity index (χ0v) is 11.9. The first-order valence-corrected chi connectivity index (χ1v) is 6.42. The second kappa shape index (κ2) is 7.58. The third-order valence-corrected chi connectivity index (χ3v) is 2.79. The summed E-state index contributed by atoms with van der Waals surface area (Å²) in [6.07, 6.45) is 1.49. The molecule has 1 aromatic carbocycles. The van der Waals surface area contributed by atoms with Crippen molar-refractivity contribution in [1.29, 1.82) is 0 Å². The molecule has 2 amide bonds. The smallest absolute Gasteiger partial charge is 0.323 e. The zero-order chi connectivity index (χ0) is 14.3. The molecule has 0 radical (unpaired) electrons. The van der Waals surface area contributed by atoms with Gasteiger partial charge >= 0.3 is 12.0 Å². The fraction of sp³-hybridized carbons (Fsp3) is 0.231. The van der Waals surface area contributed by atoms with Crippen molar-refractivity contribution in [2.24, 2.45) is 0 Å². The summed E-state index contributed by atoms with van der Waals surface area (Å²) in [5, 5.41) is 11.4. The van der Waals surface area contributed by atoms with Crippen molar-refractivity contribution >= 4 is 27.9 Å². The minimum Gasteiger partial charge on any atom is -0.480 e. The molecule has 0 aromatic heterocycles. The number of urea groups is 1. The minimum absolute atomic E-state index is 0.191. The van der Waals surface area contributed by atoms with Crippen molar-refractivity contribution in [3.05, 3.63) is 47.0 Å². The van der Waals surface area contributed by atoms with Crippen LogP contribution in [0.5, 0.6) is 0 Å². The average Bonchev–Trinajstić information content (AvgIpc) is 2.35. The zero-order valence-electron chi connectivity index (χ0n) is 10.3. The Balaban J connectivity index is 2.56. The molecular formula is C13H15BrN2O3. The third kappa shape index (κ3) is 5.56. The van der Waals surface area contributed by atoms with Crippen LogP contribution < -0.4 is 5.32 Å². The van der Waals surface area contributed by atoms with Crippen LogP contribution in [-0.2, 0) is 11.3 Å². The molecule has 1 aromatic rings. The van der Waals surface area contributed by atoms with Crippen LogP contribution in [-0.4, -0.2) is 35.1 Å². The van der Waals surface area contributed by atoms with E-state index >= 15 is 0 Å². The molecule has 0 heterocycles. The molecule has 0 bridgehead atoms. The first-order chi connectivity index (χ1) is 9.02. The predicted molar refractivity (Wildman–Crippen MR) is 75.8 cm³/mol. The molecule has 6 heteroatoms. The van der Waals surface area contributed by atoms with Gasteiger partial charge < -0.3 is 15.3 Å². The molecule has 0 aliphatic carbocycles. The van der Waals surface area contributed by atoms with Crippen LogP contribution in [0.25, 0.3) is 0 Å². The van der Waals surface area contributed by atoms with Gasteiger partial charge in [-0.3, -0.25) is 4.79 Å². The van der Waals surface area contributed by atoms with Crippen LogP contribution in [0.3, 0.4) is 0 Å². The highest BCUT2D eigenvalue weighted by Gasteiger charge is 2.14. The van der Waals surface area contributed by atoms with Gasteiger partial charge in [-0.1, -0.05) is 34.1 Å². The van der Waals surface area contributed by atoms with Crippen molar-refractivity contribution in [1.82, 2.24) is 10.2 Å². The van der Waals surface area contributed by atoms with Gasteiger partial charge in [-0.2, -0.15) is 0 Å². The molecule has 0 saturated carbocycles. The third-order valence-electron chi connectivity index (χ3n) is 2.30. The number of carboxylic acids is 1. The van der Waals surface area contributed by atoms with Gasteiger partial charge in [0, 0.05) is 17.6 Å². The molecule has 0 aliphatic rings. The molecule has 102 valence electrons. The van der Waals surface area contributed by atoms with E-state index in [-0.39, 0.29) is 13.1 Å². The van der Waals surface area contributed by atoms with Crippen molar-refractivity contribution in [2.45, 2.75) is 6.54 Å². The van der Waals surface area contributed by atoms with Crippen LogP contribution >= 0.6 is 15.9 Å². The molecule has 5 nitrogen and oxygen atoms in total. The number of nitrogens with one attached hydrogen (secondary N) is 1. The molecule has 0 spiro atoms. The van der Waals surface area contributed by atoms with E-state index in [4.69, 9.17) is 5.11 Å². The Morgan fingerprint density at radius 1 is 1.47 bits per heavy atom. The maximum atomic E-state index is 11.8. The Bertz CT molecular complexity index is 477. The summed E-state index contributed by atoms with van der Waals surface area (Å²) < 4.78 is 0.924. The van der Waals surface area contributed by atoms with Gasteiger partial charge in [-0.05, 0) is 17.7 Å². The van der Waals surface area contributed by atoms with E-state index in [0.29, 0.717) is 6.54 Å². The van der Waals surface area contributed by atoms with E-state index in [2.05, 4.69) is 27.8 Å². The van der Waals surface area contributed by atoms with Crippen LogP contribution in [0, 0.1) is 0 Å². The van der Waals surface area contributed by atoms with Crippen LogP contribution in [0.4, 0.5) is 4.79 Å². The lowest BCUT2D eigenvalue weighted by atomic mass is 10.2. The molecule has 0 aliphatic heterocycles. The highest BCUT2D eigenvalue weighted by molar-refractivity contribution is 9.10. The van der Waals surface area contributed by atoms with E-state index in [1.165, 1.54) is 11.0 Å². The number of hydrogen-bond donors (Lipinski definition) is 2. The number of aliphatic carboxylic acids is 1. The van der Waals surface area contributed by atoms with E-state index in [0.717, 1.165) is 10.0 Å². The van der Waals surface area contributed by atoms with Gasteiger partial charge in [-0.25, -0.2) is 4.79 Å². The lowest BCUT2D eigenvalue weighted by Crippen LogP contribution is -2.42. The Morgan fingerprint density at radius 3 is 2.79 bits per heavy atom. The molecule has 0 unspecified atom stereocenters. The molecule has 0 saturated heterocycles. The number of rotatable bonds is 6. The molecule has 19 heavy (non-hydrogen) atoms. The van der Waals surface area contributed by atoms with E-state index in [1.807, 2.05) is 24.3 Å². The van der Waals surface area contributed by atoms with Gasteiger partial charge in [0.2, 0.25) is 0 Å². The number of benzene rings is 1. The number of carbonyl (C=O) groups is 2. The summed E-state index contributed by atoms with van der Waals surface area (Å²) in [6.45, 7) is 3.68. The first-order valence-electron chi connectivity index (χ1n) is 5.63. The van der Waals surface area contributed by atoms with Crippen LogP contribution in [0.1, 0.15) is 5.56 Å². The lowest BCUT2D eigenvalue weighted by Gasteiger charge is -2.19. The Kier molecular flexibility index (Phi) is 6.08. The second-order valence-electron chi connectivity index (χ2n) is 3.85. The van der Waals surface area contributed by atoms with Crippen molar-refractivity contribution in [3.8, 4) is 0 Å². The highest BCUT2D eigenvalue weighted by atomic mass is 79.9. The summed E-state index contributed by atoms with van der Waals surface area (Å²) in [5.41, 5.74) is 0.927. The van der Waals surface area contributed by atoms with E-state index in [9.17, 15) is 9.59 Å². The average molecular weight is 327 g/mol. The number of amides is 2. The predicted octanol–water partition coefficient (Wildman–Crippen LogP) is 2.23. The number of carboxylic acid groups (broad SMARTS) is 1. The standard InChI is InChI=1S/C13H15BrN2O3/c1-2-6-16(9-12(17)18)13(19)15-8-10-4-3-5-11(14)7-10/h2-5,7H,1,6,8-9H2,(H,15,19)(H,17,18). The summed E-state index contributed by atoms with van der Waals surface area (Å²) in [4.78, 5) is 23.6. The second-order valence-corrected chi connectivity index (χ2v) is 4.77. The molecule has 0 atom stereocenters. The highest BCUT2D eigenvalue weighted by Crippen LogP contribution is 2.11. The van der Waals surface area contributed by atoms with Crippen molar-refractivity contribution < 1.29 is 14.7 Å². The Hall–Kier alpha value is -1.82. The van der Waals surface area contributed by atoms with E-state index in [1.54, 1.807) is 0 Å². The first kappa shape index (κ1) is 15.2. The van der Waals surface area contributed by atoms with Crippen molar-refractivity contribution in [3.63, 3.8) is 0 Å². The van der Waals surface area contributed by atoms with Crippen LogP contribution in [0.2, 0.25) is 0 Å². The topological polar surface area (TPSA) is 69.6 Å². The maximum Gasteiger partial charge on any atom is 0.323 e. The van der Waals surface area contributed by atoms with Gasteiger partial charge in [0.1, 0.15) is 6.54 Å². The fourth-order valence-corrected chi connectivity index (χ4v) is 1.92. The van der Waals surface area contributed by atoms with Gasteiger partial charge in [0.05, 0.1) is 0 Å². The molecule has 0 fully saturated rings.